The Morgan fingerprint density at radius 2 is 1.63 bits per heavy atom. The fraction of sp³-hybridized carbons (Fsp3) is 0.520. The predicted octanol–water partition coefficient (Wildman–Crippen LogP) is 7.28. The first-order chi connectivity index (χ1) is 12.9. The molecule has 27 heavy (non-hydrogen) atoms. The van der Waals surface area contributed by atoms with Crippen LogP contribution < -0.4 is 4.74 Å². The van der Waals surface area contributed by atoms with E-state index in [9.17, 15) is 0 Å². The van der Waals surface area contributed by atoms with E-state index >= 15 is 0 Å². The van der Waals surface area contributed by atoms with Crippen LogP contribution in [0.1, 0.15) is 63.5 Å². The van der Waals surface area contributed by atoms with Gasteiger partial charge in [0.1, 0.15) is 12.4 Å². The van der Waals surface area contributed by atoms with Gasteiger partial charge in [-0.25, -0.2) is 0 Å². The van der Waals surface area contributed by atoms with Crippen molar-refractivity contribution in [2.75, 3.05) is 0 Å². The molecule has 4 aliphatic carbocycles. The molecule has 0 N–H and O–H groups in total. The largest absolute Gasteiger partial charge is 0.489 e. The summed E-state index contributed by atoms with van der Waals surface area (Å²) in [4.78, 5) is 0. The van der Waals surface area contributed by atoms with E-state index < -0.39 is 0 Å². The maximum absolute atomic E-state index is 6.41. The van der Waals surface area contributed by atoms with Crippen LogP contribution in [0, 0.1) is 16.7 Å². The molecule has 4 saturated carbocycles. The van der Waals surface area contributed by atoms with Crippen molar-refractivity contribution in [2.24, 2.45) is 16.7 Å². The highest BCUT2D eigenvalue weighted by atomic mass is 79.9. The van der Waals surface area contributed by atoms with E-state index in [0.29, 0.717) is 22.9 Å². The Bertz CT molecular complexity index is 840. The van der Waals surface area contributed by atoms with E-state index in [1.54, 1.807) is 0 Å². The average Bonchev–Trinajstić information content (AvgIpc) is 2.58. The van der Waals surface area contributed by atoms with Gasteiger partial charge < -0.3 is 4.74 Å². The smallest absolute Gasteiger partial charge is 0.123 e. The Morgan fingerprint density at radius 3 is 2.30 bits per heavy atom. The van der Waals surface area contributed by atoms with Crippen LogP contribution in [0.25, 0.3) is 0 Å². The number of halogens is 1. The minimum atomic E-state index is 0.290. The van der Waals surface area contributed by atoms with Crippen LogP contribution in [0.15, 0.2) is 53.0 Å². The van der Waals surface area contributed by atoms with Crippen LogP contribution in [0.4, 0.5) is 0 Å². The third-order valence-corrected chi connectivity index (χ3v) is 7.87. The van der Waals surface area contributed by atoms with Crippen LogP contribution in [0.2, 0.25) is 0 Å². The zero-order valence-electron chi connectivity index (χ0n) is 16.4. The lowest BCUT2D eigenvalue weighted by molar-refractivity contribution is -0.110. The Hall–Kier alpha value is -1.28. The highest BCUT2D eigenvalue weighted by molar-refractivity contribution is 9.10. The van der Waals surface area contributed by atoms with Gasteiger partial charge in [0.05, 0.1) is 0 Å². The molecule has 0 radical (unpaired) electrons. The highest BCUT2D eigenvalue weighted by Gasteiger charge is 2.61. The standard InChI is InChI=1S/C25H29BrO/c1-23-11-19-12-24(2,15-23)17-25(13-19,16-23)21-10-20(26)8-9-22(21)27-14-18-6-4-3-5-7-18/h3-10,19H,11-17H2,1-2H3. The summed E-state index contributed by atoms with van der Waals surface area (Å²) in [5.41, 5.74) is 3.99. The molecule has 0 amide bonds. The number of hydrogen-bond acceptors (Lipinski definition) is 1. The summed E-state index contributed by atoms with van der Waals surface area (Å²) in [6.07, 6.45) is 8.26. The molecule has 4 fully saturated rings. The zero-order chi connectivity index (χ0) is 18.7. The Labute approximate surface area is 171 Å². The van der Waals surface area contributed by atoms with E-state index in [4.69, 9.17) is 4.74 Å². The summed E-state index contributed by atoms with van der Waals surface area (Å²) in [5, 5.41) is 0. The van der Waals surface area contributed by atoms with Crippen LogP contribution in [-0.2, 0) is 12.0 Å². The normalized spacial score (nSPS) is 36.8. The summed E-state index contributed by atoms with van der Waals surface area (Å²) in [7, 11) is 0. The van der Waals surface area contributed by atoms with Gasteiger partial charge in [-0.1, -0.05) is 60.1 Å². The first-order valence-corrected chi connectivity index (χ1v) is 11.1. The topological polar surface area (TPSA) is 9.23 Å². The molecule has 0 aromatic heterocycles. The van der Waals surface area contributed by atoms with Crippen molar-refractivity contribution in [1.29, 1.82) is 0 Å². The molecule has 2 aromatic rings. The lowest BCUT2D eigenvalue weighted by Crippen LogP contribution is -2.56. The second-order valence-electron chi connectivity index (χ2n) is 10.3. The van der Waals surface area contributed by atoms with E-state index in [-0.39, 0.29) is 0 Å². The fourth-order valence-corrected chi connectivity index (χ4v) is 7.89. The van der Waals surface area contributed by atoms with Gasteiger partial charge in [-0.2, -0.15) is 0 Å². The number of ether oxygens (including phenoxy) is 1. The third kappa shape index (κ3) is 3.14. The van der Waals surface area contributed by atoms with Gasteiger partial charge in [0.15, 0.2) is 0 Å². The first kappa shape index (κ1) is 17.8. The minimum absolute atomic E-state index is 0.290. The minimum Gasteiger partial charge on any atom is -0.489 e. The summed E-state index contributed by atoms with van der Waals surface area (Å²) < 4.78 is 7.59. The maximum Gasteiger partial charge on any atom is 0.123 e. The van der Waals surface area contributed by atoms with Crippen molar-refractivity contribution in [1.82, 2.24) is 0 Å². The molecule has 0 aliphatic heterocycles. The van der Waals surface area contributed by atoms with Crippen LogP contribution in [0.5, 0.6) is 5.75 Å². The zero-order valence-corrected chi connectivity index (χ0v) is 18.0. The molecule has 4 bridgehead atoms. The van der Waals surface area contributed by atoms with Crippen molar-refractivity contribution in [2.45, 2.75) is 64.4 Å². The fourth-order valence-electron chi connectivity index (χ4n) is 7.53. The second kappa shape index (κ2) is 6.11. The van der Waals surface area contributed by atoms with E-state index in [0.717, 1.165) is 11.7 Å². The van der Waals surface area contributed by atoms with Crippen LogP contribution in [0.3, 0.4) is 0 Å². The molecule has 6 rings (SSSR count). The van der Waals surface area contributed by atoms with Gasteiger partial charge in [0, 0.05) is 15.5 Å². The molecule has 2 aromatic carbocycles. The number of hydrogen-bond donors (Lipinski definition) is 0. The van der Waals surface area contributed by atoms with E-state index in [2.05, 4.69) is 78.3 Å². The summed E-state index contributed by atoms with van der Waals surface area (Å²) in [5.74, 6) is 1.98. The molecule has 0 saturated heterocycles. The molecular formula is C25H29BrO. The Kier molecular flexibility index (Phi) is 4.03. The van der Waals surface area contributed by atoms with Crippen molar-refractivity contribution in [3.8, 4) is 5.75 Å². The Morgan fingerprint density at radius 1 is 0.926 bits per heavy atom. The van der Waals surface area contributed by atoms with Crippen molar-refractivity contribution in [3.05, 3.63) is 64.1 Å². The van der Waals surface area contributed by atoms with E-state index in [1.165, 1.54) is 54.1 Å². The van der Waals surface area contributed by atoms with Gasteiger partial charge >= 0.3 is 0 Å². The molecule has 2 atom stereocenters. The summed E-state index contributed by atoms with van der Waals surface area (Å²) in [6, 6.07) is 17.2. The summed E-state index contributed by atoms with van der Waals surface area (Å²) >= 11 is 3.74. The third-order valence-electron chi connectivity index (χ3n) is 7.38. The van der Waals surface area contributed by atoms with Gasteiger partial charge in [0.25, 0.3) is 0 Å². The van der Waals surface area contributed by atoms with Crippen LogP contribution in [-0.4, -0.2) is 0 Å². The summed E-state index contributed by atoms with van der Waals surface area (Å²) in [6.45, 7) is 5.74. The van der Waals surface area contributed by atoms with Gasteiger partial charge in [-0.3, -0.25) is 0 Å². The number of benzene rings is 2. The maximum atomic E-state index is 6.41. The molecule has 0 spiro atoms. The van der Waals surface area contributed by atoms with Gasteiger partial charge in [0.2, 0.25) is 0 Å². The van der Waals surface area contributed by atoms with Gasteiger partial charge in [-0.15, -0.1) is 0 Å². The van der Waals surface area contributed by atoms with E-state index in [1.807, 2.05) is 0 Å². The molecule has 0 heterocycles. The molecular weight excluding hydrogens is 396 g/mol. The predicted molar refractivity (Wildman–Crippen MR) is 114 cm³/mol. The van der Waals surface area contributed by atoms with Crippen molar-refractivity contribution in [3.63, 3.8) is 0 Å². The lowest BCUT2D eigenvalue weighted by Gasteiger charge is -2.65. The second-order valence-corrected chi connectivity index (χ2v) is 11.2. The lowest BCUT2D eigenvalue weighted by atomic mass is 9.39. The highest BCUT2D eigenvalue weighted by Crippen LogP contribution is 2.70. The van der Waals surface area contributed by atoms with Gasteiger partial charge in [-0.05, 0) is 79.0 Å². The molecule has 4 aliphatic rings. The molecule has 1 nitrogen and oxygen atoms in total. The number of rotatable bonds is 4. The average molecular weight is 425 g/mol. The monoisotopic (exact) mass is 424 g/mol. The van der Waals surface area contributed by atoms with Crippen LogP contribution >= 0.6 is 15.9 Å². The van der Waals surface area contributed by atoms with Crippen molar-refractivity contribution < 1.29 is 4.74 Å². The molecule has 2 heteroatoms. The van der Waals surface area contributed by atoms with Crippen molar-refractivity contribution >= 4 is 15.9 Å². The molecule has 142 valence electrons. The quantitative estimate of drug-likeness (QED) is 0.500. The SMILES string of the molecule is CC12CC3CC(C)(C1)CC(c1cc(Br)ccc1OCc1ccccc1)(C3)C2. The Balaban J connectivity index is 1.52. The molecule has 2 unspecified atom stereocenters. The first-order valence-electron chi connectivity index (χ1n) is 10.3.